The molecule has 2 aromatic carbocycles. The third-order valence-corrected chi connectivity index (χ3v) is 4.45. The van der Waals surface area contributed by atoms with Gasteiger partial charge in [-0.1, -0.05) is 40.5 Å². The molecule has 0 unspecified atom stereocenters. The topological polar surface area (TPSA) is 64.4 Å². The van der Waals surface area contributed by atoms with Crippen molar-refractivity contribution in [3.8, 4) is 5.75 Å². The van der Waals surface area contributed by atoms with Crippen molar-refractivity contribution in [3.63, 3.8) is 0 Å². The van der Waals surface area contributed by atoms with E-state index in [2.05, 4.69) is 10.5 Å². The van der Waals surface area contributed by atoms with E-state index in [-0.39, 0.29) is 12.3 Å². The van der Waals surface area contributed by atoms with Crippen molar-refractivity contribution < 1.29 is 14.1 Å². The first-order valence-electron chi connectivity index (χ1n) is 7.85. The number of hydrogen-bond donors (Lipinski definition) is 1. The minimum absolute atomic E-state index is 0.132. The molecule has 1 N–H and O–H groups in total. The van der Waals surface area contributed by atoms with Crippen LogP contribution in [0.2, 0.25) is 10.0 Å². The number of carbonyl (C=O) groups excluding carboxylic acids is 1. The first-order chi connectivity index (χ1) is 12.4. The molecule has 0 radical (unpaired) electrons. The molecule has 134 valence electrons. The van der Waals surface area contributed by atoms with Gasteiger partial charge in [-0.05, 0) is 49.7 Å². The monoisotopic (exact) mass is 390 g/mol. The molecule has 1 heterocycles. The van der Waals surface area contributed by atoms with Crippen LogP contribution in [-0.2, 0) is 6.61 Å². The summed E-state index contributed by atoms with van der Waals surface area (Å²) in [6.07, 6.45) is 0. The third kappa shape index (κ3) is 4.18. The predicted molar refractivity (Wildman–Crippen MR) is 101 cm³/mol. The summed E-state index contributed by atoms with van der Waals surface area (Å²) in [6.45, 7) is 3.75. The molecule has 1 aromatic heterocycles. The molecule has 3 aromatic rings. The summed E-state index contributed by atoms with van der Waals surface area (Å²) in [5, 5.41) is 7.76. The standard InChI is InChI=1S/C19H16Cl2N2O3/c1-11-6-7-14(9-17(11)21)22-19(24)18-16(12(2)26-23-18)10-25-15-5-3-4-13(20)8-15/h3-9H,10H2,1-2H3,(H,22,24). The number of nitrogens with one attached hydrogen (secondary N) is 1. The highest BCUT2D eigenvalue weighted by molar-refractivity contribution is 6.31. The summed E-state index contributed by atoms with van der Waals surface area (Å²) in [5.74, 6) is 0.709. The predicted octanol–water partition coefficient (Wildman–Crippen LogP) is 5.43. The molecule has 0 fully saturated rings. The quantitative estimate of drug-likeness (QED) is 0.630. The number of ether oxygens (including phenoxy) is 1. The summed E-state index contributed by atoms with van der Waals surface area (Å²) >= 11 is 12.0. The first-order valence-corrected chi connectivity index (χ1v) is 8.60. The summed E-state index contributed by atoms with van der Waals surface area (Å²) in [4.78, 5) is 12.6. The normalized spacial score (nSPS) is 10.6. The average Bonchev–Trinajstić information content (AvgIpc) is 2.97. The number of hydrogen-bond acceptors (Lipinski definition) is 4. The number of benzene rings is 2. The van der Waals surface area contributed by atoms with Crippen LogP contribution in [0.15, 0.2) is 47.0 Å². The fraction of sp³-hybridized carbons (Fsp3) is 0.158. The first kappa shape index (κ1) is 18.3. The minimum atomic E-state index is -0.397. The number of carbonyl (C=O) groups is 1. The van der Waals surface area contributed by atoms with Gasteiger partial charge in [0.05, 0.1) is 5.56 Å². The molecule has 5 nitrogen and oxygen atoms in total. The third-order valence-electron chi connectivity index (χ3n) is 3.81. The van der Waals surface area contributed by atoms with Gasteiger partial charge in [-0.3, -0.25) is 4.79 Å². The molecule has 0 aliphatic rings. The molecule has 0 atom stereocenters. The Labute approximate surface area is 160 Å². The van der Waals surface area contributed by atoms with Crippen LogP contribution >= 0.6 is 23.2 Å². The van der Waals surface area contributed by atoms with Crippen LogP contribution in [0, 0.1) is 13.8 Å². The number of anilines is 1. The second-order valence-corrected chi connectivity index (χ2v) is 6.57. The van der Waals surface area contributed by atoms with Crippen molar-refractivity contribution >= 4 is 34.8 Å². The fourth-order valence-electron chi connectivity index (χ4n) is 2.31. The van der Waals surface area contributed by atoms with Crippen LogP contribution < -0.4 is 10.1 Å². The number of nitrogens with zero attached hydrogens (tertiary/aromatic N) is 1. The molecule has 26 heavy (non-hydrogen) atoms. The lowest BCUT2D eigenvalue weighted by Crippen LogP contribution is -2.15. The van der Waals surface area contributed by atoms with E-state index in [1.54, 1.807) is 43.3 Å². The van der Waals surface area contributed by atoms with Crippen LogP contribution in [0.4, 0.5) is 5.69 Å². The molecule has 0 aliphatic heterocycles. The van der Waals surface area contributed by atoms with E-state index in [9.17, 15) is 4.79 Å². The van der Waals surface area contributed by atoms with Gasteiger partial charge in [-0.2, -0.15) is 0 Å². The zero-order valence-electron chi connectivity index (χ0n) is 14.2. The van der Waals surface area contributed by atoms with Crippen molar-refractivity contribution in [3.05, 3.63) is 75.1 Å². The highest BCUT2D eigenvalue weighted by atomic mass is 35.5. The summed E-state index contributed by atoms with van der Waals surface area (Å²) in [6, 6.07) is 12.3. The molecule has 0 saturated carbocycles. The zero-order chi connectivity index (χ0) is 18.7. The number of rotatable bonds is 5. The van der Waals surface area contributed by atoms with Crippen molar-refractivity contribution in [2.75, 3.05) is 5.32 Å². The largest absolute Gasteiger partial charge is 0.489 e. The van der Waals surface area contributed by atoms with E-state index < -0.39 is 5.91 Å². The Morgan fingerprint density at radius 1 is 1.19 bits per heavy atom. The highest BCUT2D eigenvalue weighted by Crippen LogP contribution is 2.23. The van der Waals surface area contributed by atoms with Crippen LogP contribution in [0.5, 0.6) is 5.75 Å². The Kier molecular flexibility index (Phi) is 5.49. The molecule has 0 bridgehead atoms. The maximum absolute atomic E-state index is 12.6. The van der Waals surface area contributed by atoms with Gasteiger partial charge >= 0.3 is 0 Å². The zero-order valence-corrected chi connectivity index (χ0v) is 15.7. The Morgan fingerprint density at radius 2 is 2.00 bits per heavy atom. The fourth-order valence-corrected chi connectivity index (χ4v) is 2.67. The molecule has 0 aliphatic carbocycles. The second kappa shape index (κ2) is 7.81. The lowest BCUT2D eigenvalue weighted by Gasteiger charge is -2.08. The van der Waals surface area contributed by atoms with Gasteiger partial charge in [0.1, 0.15) is 18.1 Å². The molecular weight excluding hydrogens is 375 g/mol. The molecule has 0 spiro atoms. The van der Waals surface area contributed by atoms with E-state index in [0.29, 0.717) is 32.8 Å². The molecular formula is C19H16Cl2N2O3. The van der Waals surface area contributed by atoms with E-state index >= 15 is 0 Å². The van der Waals surface area contributed by atoms with Crippen LogP contribution in [0.1, 0.15) is 27.4 Å². The number of amides is 1. The SMILES string of the molecule is Cc1ccc(NC(=O)c2noc(C)c2COc2cccc(Cl)c2)cc1Cl. The van der Waals surface area contributed by atoms with Gasteiger partial charge < -0.3 is 14.6 Å². The second-order valence-electron chi connectivity index (χ2n) is 5.73. The molecule has 0 saturated heterocycles. The Balaban J connectivity index is 1.76. The number of aryl methyl sites for hydroxylation is 2. The number of halogens is 2. The van der Waals surface area contributed by atoms with Gasteiger partial charge in [0.15, 0.2) is 5.69 Å². The lowest BCUT2D eigenvalue weighted by atomic mass is 10.2. The maximum atomic E-state index is 12.6. The number of aromatic nitrogens is 1. The van der Waals surface area contributed by atoms with Gasteiger partial charge in [-0.25, -0.2) is 0 Å². The van der Waals surface area contributed by atoms with E-state index in [1.165, 1.54) is 0 Å². The summed E-state index contributed by atoms with van der Waals surface area (Å²) in [7, 11) is 0. The lowest BCUT2D eigenvalue weighted by molar-refractivity contribution is 0.101. The Morgan fingerprint density at radius 3 is 2.73 bits per heavy atom. The van der Waals surface area contributed by atoms with E-state index in [1.807, 2.05) is 13.0 Å². The Hall–Kier alpha value is -2.50. The summed E-state index contributed by atoms with van der Waals surface area (Å²) in [5.41, 5.74) is 2.24. The van der Waals surface area contributed by atoms with Crippen LogP contribution in [0.3, 0.4) is 0 Å². The van der Waals surface area contributed by atoms with Crippen molar-refractivity contribution in [1.29, 1.82) is 0 Å². The molecule has 1 amide bonds. The van der Waals surface area contributed by atoms with E-state index in [0.717, 1.165) is 5.56 Å². The van der Waals surface area contributed by atoms with Crippen LogP contribution in [0.25, 0.3) is 0 Å². The van der Waals surface area contributed by atoms with Crippen molar-refractivity contribution in [2.24, 2.45) is 0 Å². The summed E-state index contributed by atoms with van der Waals surface area (Å²) < 4.78 is 10.9. The molecule has 3 rings (SSSR count). The Bertz CT molecular complexity index is 954. The van der Waals surface area contributed by atoms with Gasteiger partial charge in [0.25, 0.3) is 5.91 Å². The van der Waals surface area contributed by atoms with E-state index in [4.69, 9.17) is 32.5 Å². The van der Waals surface area contributed by atoms with Crippen molar-refractivity contribution in [1.82, 2.24) is 5.16 Å². The van der Waals surface area contributed by atoms with Gasteiger partial charge in [0, 0.05) is 15.7 Å². The van der Waals surface area contributed by atoms with Crippen LogP contribution in [-0.4, -0.2) is 11.1 Å². The van der Waals surface area contributed by atoms with Gasteiger partial charge in [0.2, 0.25) is 0 Å². The van der Waals surface area contributed by atoms with Gasteiger partial charge in [-0.15, -0.1) is 0 Å². The molecule has 7 heteroatoms. The van der Waals surface area contributed by atoms with Crippen molar-refractivity contribution in [2.45, 2.75) is 20.5 Å². The minimum Gasteiger partial charge on any atom is -0.489 e. The average molecular weight is 391 g/mol. The maximum Gasteiger partial charge on any atom is 0.278 e. The smallest absolute Gasteiger partial charge is 0.278 e. The highest BCUT2D eigenvalue weighted by Gasteiger charge is 2.20.